The highest BCUT2D eigenvalue weighted by Crippen LogP contribution is 2.59. The molecule has 1 aromatic carbocycles. The van der Waals surface area contributed by atoms with Gasteiger partial charge in [0.15, 0.2) is 11.2 Å². The number of ketones is 1. The Hall–Kier alpha value is -2.36. The van der Waals surface area contributed by atoms with E-state index in [4.69, 9.17) is 9.47 Å². The van der Waals surface area contributed by atoms with Crippen LogP contribution in [0.15, 0.2) is 54.3 Å². The molecule has 0 spiro atoms. The Labute approximate surface area is 129 Å². The molecule has 0 radical (unpaired) electrons. The van der Waals surface area contributed by atoms with Crippen molar-refractivity contribution in [2.75, 3.05) is 14.2 Å². The third-order valence-electron chi connectivity index (χ3n) is 4.84. The van der Waals surface area contributed by atoms with Crippen molar-refractivity contribution in [2.45, 2.75) is 12.3 Å². The monoisotopic (exact) mass is 298 g/mol. The number of benzene rings is 1. The van der Waals surface area contributed by atoms with Crippen LogP contribution in [0.25, 0.3) is 0 Å². The van der Waals surface area contributed by atoms with Crippen LogP contribution in [-0.2, 0) is 19.1 Å². The van der Waals surface area contributed by atoms with Gasteiger partial charge in [-0.2, -0.15) is 0 Å². The number of carbonyl (C=O) groups excluding carboxylic acids is 2. The van der Waals surface area contributed by atoms with E-state index in [9.17, 15) is 9.59 Å². The Balaban J connectivity index is 2.16. The standard InChI is InChI=1S/C18H18O4/c1-11-16(12-7-5-4-6-8-12)13-10-18(11,17(20)22-3)15(19)9-14(13)21-2/h4-9,13,16H,1,10H2,2-3H3. The lowest BCUT2D eigenvalue weighted by Gasteiger charge is -2.27. The van der Waals surface area contributed by atoms with Crippen LogP contribution in [0.4, 0.5) is 0 Å². The van der Waals surface area contributed by atoms with Gasteiger partial charge in [0.2, 0.25) is 0 Å². The second kappa shape index (κ2) is 5.13. The Morgan fingerprint density at radius 1 is 1.27 bits per heavy atom. The van der Waals surface area contributed by atoms with Crippen LogP contribution in [0, 0.1) is 11.3 Å². The number of methoxy groups -OCH3 is 2. The van der Waals surface area contributed by atoms with Gasteiger partial charge in [0, 0.05) is 17.9 Å². The van der Waals surface area contributed by atoms with Gasteiger partial charge in [-0.1, -0.05) is 36.9 Å². The molecule has 3 atom stereocenters. The van der Waals surface area contributed by atoms with Crippen molar-refractivity contribution in [3.63, 3.8) is 0 Å². The average Bonchev–Trinajstić information content (AvgIpc) is 2.82. The van der Waals surface area contributed by atoms with Crippen molar-refractivity contribution >= 4 is 11.8 Å². The van der Waals surface area contributed by atoms with E-state index in [0.29, 0.717) is 17.8 Å². The predicted molar refractivity (Wildman–Crippen MR) is 81.0 cm³/mol. The summed E-state index contributed by atoms with van der Waals surface area (Å²) < 4.78 is 10.3. The van der Waals surface area contributed by atoms with Crippen molar-refractivity contribution in [3.8, 4) is 0 Å². The maximum Gasteiger partial charge on any atom is 0.323 e. The number of hydrogen-bond acceptors (Lipinski definition) is 4. The largest absolute Gasteiger partial charge is 0.501 e. The zero-order valence-electron chi connectivity index (χ0n) is 12.7. The summed E-state index contributed by atoms with van der Waals surface area (Å²) in [5, 5.41) is 0. The lowest BCUT2D eigenvalue weighted by molar-refractivity contribution is -0.154. The molecular weight excluding hydrogens is 280 g/mol. The molecule has 0 heterocycles. The molecule has 2 aliphatic rings. The van der Waals surface area contributed by atoms with Crippen LogP contribution < -0.4 is 0 Å². The van der Waals surface area contributed by atoms with Crippen LogP contribution in [-0.4, -0.2) is 26.0 Å². The SMILES string of the molecule is C=C1C(c2ccccc2)C2CC1(C(=O)OC)C(=O)C=C2OC. The molecule has 3 rings (SSSR count). The maximum atomic E-state index is 12.6. The van der Waals surface area contributed by atoms with E-state index in [1.807, 2.05) is 30.3 Å². The Bertz CT molecular complexity index is 674. The van der Waals surface area contributed by atoms with E-state index >= 15 is 0 Å². The van der Waals surface area contributed by atoms with Crippen molar-refractivity contribution in [2.24, 2.45) is 11.3 Å². The minimum atomic E-state index is -1.28. The van der Waals surface area contributed by atoms with Gasteiger partial charge >= 0.3 is 5.97 Å². The van der Waals surface area contributed by atoms with E-state index in [0.717, 1.165) is 5.56 Å². The first-order valence-corrected chi connectivity index (χ1v) is 7.19. The third-order valence-corrected chi connectivity index (χ3v) is 4.84. The quantitative estimate of drug-likeness (QED) is 0.489. The van der Waals surface area contributed by atoms with E-state index in [1.54, 1.807) is 7.11 Å². The molecule has 1 aromatic rings. The molecule has 2 aliphatic carbocycles. The molecular formula is C18H18O4. The number of ether oxygens (including phenoxy) is 2. The molecule has 0 aromatic heterocycles. The molecule has 0 N–H and O–H groups in total. The van der Waals surface area contributed by atoms with E-state index in [1.165, 1.54) is 13.2 Å². The highest BCUT2D eigenvalue weighted by molar-refractivity contribution is 6.14. The highest BCUT2D eigenvalue weighted by Gasteiger charge is 2.62. The number of rotatable bonds is 3. The van der Waals surface area contributed by atoms with Crippen LogP contribution in [0.3, 0.4) is 0 Å². The molecule has 4 heteroatoms. The Morgan fingerprint density at radius 2 is 1.95 bits per heavy atom. The van der Waals surface area contributed by atoms with E-state index in [-0.39, 0.29) is 17.6 Å². The average molecular weight is 298 g/mol. The lowest BCUT2D eigenvalue weighted by atomic mass is 9.75. The molecule has 0 aliphatic heterocycles. The smallest absolute Gasteiger partial charge is 0.323 e. The summed E-state index contributed by atoms with van der Waals surface area (Å²) in [5.41, 5.74) is 0.354. The molecule has 0 amide bonds. The first-order chi connectivity index (χ1) is 10.6. The maximum absolute atomic E-state index is 12.6. The fraction of sp³-hybridized carbons (Fsp3) is 0.333. The molecule has 2 bridgehead atoms. The predicted octanol–water partition coefficient (Wildman–Crippen LogP) is 2.62. The Kier molecular flexibility index (Phi) is 3.39. The van der Waals surface area contributed by atoms with Gasteiger partial charge in [0.05, 0.1) is 14.2 Å². The summed E-state index contributed by atoms with van der Waals surface area (Å²) in [6.45, 7) is 4.10. The van der Waals surface area contributed by atoms with E-state index in [2.05, 4.69) is 6.58 Å². The number of carbonyl (C=O) groups is 2. The second-order valence-corrected chi connectivity index (χ2v) is 5.74. The van der Waals surface area contributed by atoms with Gasteiger partial charge in [-0.25, -0.2) is 0 Å². The zero-order valence-corrected chi connectivity index (χ0v) is 12.7. The van der Waals surface area contributed by atoms with Gasteiger partial charge in [0.25, 0.3) is 0 Å². The van der Waals surface area contributed by atoms with Crippen molar-refractivity contribution in [1.29, 1.82) is 0 Å². The fourth-order valence-electron chi connectivity index (χ4n) is 3.76. The van der Waals surface area contributed by atoms with Crippen molar-refractivity contribution in [3.05, 3.63) is 59.9 Å². The molecule has 4 nitrogen and oxygen atoms in total. The number of allylic oxidation sites excluding steroid dienone is 2. The van der Waals surface area contributed by atoms with Crippen molar-refractivity contribution < 1.29 is 19.1 Å². The van der Waals surface area contributed by atoms with Gasteiger partial charge < -0.3 is 9.47 Å². The van der Waals surface area contributed by atoms with Gasteiger partial charge in [0.1, 0.15) is 5.76 Å². The summed E-state index contributed by atoms with van der Waals surface area (Å²) in [4.78, 5) is 25.0. The normalized spacial score (nSPS) is 30.0. The Morgan fingerprint density at radius 3 is 2.55 bits per heavy atom. The topological polar surface area (TPSA) is 52.6 Å². The number of fused-ring (bicyclic) bond motifs is 2. The van der Waals surface area contributed by atoms with Crippen LogP contribution >= 0.6 is 0 Å². The lowest BCUT2D eigenvalue weighted by Crippen LogP contribution is -2.40. The van der Waals surface area contributed by atoms with Crippen LogP contribution in [0.2, 0.25) is 0 Å². The number of hydrogen-bond donors (Lipinski definition) is 0. The zero-order chi connectivity index (χ0) is 15.9. The molecule has 0 saturated heterocycles. The molecule has 3 unspecified atom stereocenters. The molecule has 1 saturated carbocycles. The molecule has 114 valence electrons. The second-order valence-electron chi connectivity index (χ2n) is 5.74. The number of esters is 1. The minimum absolute atomic E-state index is 0.0725. The fourth-order valence-corrected chi connectivity index (χ4v) is 3.76. The van der Waals surface area contributed by atoms with Gasteiger partial charge in [-0.15, -0.1) is 0 Å². The van der Waals surface area contributed by atoms with Crippen LogP contribution in [0.5, 0.6) is 0 Å². The molecule has 22 heavy (non-hydrogen) atoms. The van der Waals surface area contributed by atoms with Crippen molar-refractivity contribution in [1.82, 2.24) is 0 Å². The molecule has 1 fully saturated rings. The minimum Gasteiger partial charge on any atom is -0.501 e. The summed E-state index contributed by atoms with van der Waals surface area (Å²) in [5.74, 6) is -0.417. The first-order valence-electron chi connectivity index (χ1n) is 7.19. The summed E-state index contributed by atoms with van der Waals surface area (Å²) in [6, 6.07) is 9.78. The highest BCUT2D eigenvalue weighted by atomic mass is 16.5. The van der Waals surface area contributed by atoms with Gasteiger partial charge in [-0.05, 0) is 17.6 Å². The summed E-state index contributed by atoms with van der Waals surface area (Å²) in [6.07, 6.45) is 1.79. The summed E-state index contributed by atoms with van der Waals surface area (Å²) >= 11 is 0. The van der Waals surface area contributed by atoms with Crippen LogP contribution in [0.1, 0.15) is 17.9 Å². The first kappa shape index (κ1) is 14.6. The summed E-state index contributed by atoms with van der Waals surface area (Å²) in [7, 11) is 2.85. The van der Waals surface area contributed by atoms with E-state index < -0.39 is 11.4 Å². The third kappa shape index (κ3) is 1.76. The van der Waals surface area contributed by atoms with Gasteiger partial charge in [-0.3, -0.25) is 9.59 Å².